The maximum atomic E-state index is 6.22. The van der Waals surface area contributed by atoms with Crippen LogP contribution in [0.3, 0.4) is 0 Å². The van der Waals surface area contributed by atoms with Crippen LogP contribution < -0.4 is 18.9 Å². The van der Waals surface area contributed by atoms with E-state index in [1.165, 1.54) is 32.3 Å². The number of aromatic amines is 1. The number of nitrogens with one attached hydrogen (secondary N) is 1. The van der Waals surface area contributed by atoms with Crippen LogP contribution in [-0.2, 0) is 0 Å². The maximum Gasteiger partial charge on any atom is 0.161 e. The van der Waals surface area contributed by atoms with Crippen molar-refractivity contribution in [2.75, 3.05) is 26.4 Å². The van der Waals surface area contributed by atoms with Crippen molar-refractivity contribution in [3.63, 3.8) is 0 Å². The Morgan fingerprint density at radius 1 is 0.358 bits per heavy atom. The van der Waals surface area contributed by atoms with Gasteiger partial charge >= 0.3 is 0 Å². The zero-order chi connectivity index (χ0) is 36.6. The summed E-state index contributed by atoms with van der Waals surface area (Å²) in [5.41, 5.74) is 6.89. The van der Waals surface area contributed by atoms with Crippen molar-refractivity contribution in [3.8, 4) is 45.3 Å². The Labute approximate surface area is 314 Å². The minimum absolute atomic E-state index is 0.687. The van der Waals surface area contributed by atoms with Gasteiger partial charge in [0.05, 0.1) is 37.5 Å². The molecule has 0 aliphatic carbocycles. The monoisotopic (exact) mass is 707 g/mol. The van der Waals surface area contributed by atoms with E-state index in [4.69, 9.17) is 18.9 Å². The van der Waals surface area contributed by atoms with E-state index in [2.05, 4.69) is 130 Å². The van der Waals surface area contributed by atoms with Crippen molar-refractivity contribution < 1.29 is 18.9 Å². The minimum Gasteiger partial charge on any atom is -0.490 e. The highest BCUT2D eigenvalue weighted by atomic mass is 16.5. The lowest BCUT2D eigenvalue weighted by molar-refractivity contribution is 0.262. The van der Waals surface area contributed by atoms with Crippen molar-refractivity contribution in [1.82, 2.24) is 4.98 Å². The van der Waals surface area contributed by atoms with Crippen LogP contribution in [0.4, 0.5) is 0 Å². The molecule has 0 amide bonds. The van der Waals surface area contributed by atoms with Gasteiger partial charge in [-0.3, -0.25) is 0 Å². The topological polar surface area (TPSA) is 52.7 Å². The lowest BCUT2D eigenvalue weighted by Gasteiger charge is -2.14. The number of aromatic nitrogens is 1. The third kappa shape index (κ3) is 7.95. The van der Waals surface area contributed by atoms with Crippen LogP contribution in [0.1, 0.15) is 79.1 Å². The fraction of sp³-hybridized carbons (Fsp3) is 0.333. The van der Waals surface area contributed by atoms with Crippen molar-refractivity contribution in [1.29, 1.82) is 0 Å². The summed E-state index contributed by atoms with van der Waals surface area (Å²) < 4.78 is 24.7. The lowest BCUT2D eigenvalue weighted by atomic mass is 9.98. The molecule has 0 aliphatic rings. The highest BCUT2D eigenvalue weighted by Gasteiger charge is 2.15. The van der Waals surface area contributed by atoms with Gasteiger partial charge < -0.3 is 23.9 Å². The number of fused-ring (bicyclic) bond motifs is 7. The third-order valence-corrected chi connectivity index (χ3v) is 10.2. The summed E-state index contributed by atoms with van der Waals surface area (Å²) in [6.45, 7) is 11.5. The molecule has 0 radical (unpaired) electrons. The molecule has 274 valence electrons. The average Bonchev–Trinajstić information content (AvgIpc) is 3.58. The van der Waals surface area contributed by atoms with Crippen LogP contribution in [0.15, 0.2) is 97.1 Å². The number of hydrogen-bond donors (Lipinski definition) is 1. The first kappa shape index (κ1) is 36.2. The Hall–Kier alpha value is -5.16. The first-order chi connectivity index (χ1) is 26.1. The molecule has 0 saturated heterocycles. The molecule has 1 heterocycles. The van der Waals surface area contributed by atoms with Gasteiger partial charge in [-0.1, -0.05) is 114 Å². The normalized spacial score (nSPS) is 11.5. The van der Waals surface area contributed by atoms with Gasteiger partial charge in [-0.15, -0.1) is 0 Å². The summed E-state index contributed by atoms with van der Waals surface area (Å²) in [5, 5.41) is 7.29. The van der Waals surface area contributed by atoms with Crippen LogP contribution in [0.2, 0.25) is 0 Å². The van der Waals surface area contributed by atoms with E-state index in [1.807, 2.05) is 0 Å². The number of H-pyrrole nitrogens is 1. The highest BCUT2D eigenvalue weighted by Crippen LogP contribution is 2.40. The molecular weight excluding hydrogens is 655 g/mol. The van der Waals surface area contributed by atoms with Crippen LogP contribution in [0, 0.1) is 0 Å². The van der Waals surface area contributed by atoms with Crippen LogP contribution in [0.25, 0.3) is 65.6 Å². The molecule has 0 spiro atoms. The number of benzene rings is 6. The van der Waals surface area contributed by atoms with Crippen LogP contribution in [-0.4, -0.2) is 31.4 Å². The summed E-state index contributed by atoms with van der Waals surface area (Å²) in [6, 6.07) is 35.2. The minimum atomic E-state index is 0.687. The van der Waals surface area contributed by atoms with Gasteiger partial charge in [0.2, 0.25) is 0 Å². The summed E-state index contributed by atoms with van der Waals surface area (Å²) in [4.78, 5) is 3.85. The second kappa shape index (κ2) is 17.1. The lowest BCUT2D eigenvalue weighted by Crippen LogP contribution is -2.02. The van der Waals surface area contributed by atoms with Gasteiger partial charge in [-0.25, -0.2) is 0 Å². The molecule has 5 nitrogen and oxygen atoms in total. The zero-order valence-corrected chi connectivity index (χ0v) is 31.9. The molecule has 0 fully saturated rings. The molecule has 0 bridgehead atoms. The van der Waals surface area contributed by atoms with Gasteiger partial charge in [-0.05, 0) is 95.1 Å². The first-order valence-corrected chi connectivity index (χ1v) is 19.8. The van der Waals surface area contributed by atoms with E-state index >= 15 is 0 Å². The van der Waals surface area contributed by atoms with Gasteiger partial charge in [0.25, 0.3) is 0 Å². The van der Waals surface area contributed by atoms with Crippen molar-refractivity contribution in [2.45, 2.75) is 79.1 Å². The summed E-state index contributed by atoms with van der Waals surface area (Å²) >= 11 is 0. The van der Waals surface area contributed by atoms with Gasteiger partial charge in [0.1, 0.15) is 0 Å². The van der Waals surface area contributed by atoms with Crippen LogP contribution >= 0.6 is 0 Å². The molecule has 53 heavy (non-hydrogen) atoms. The van der Waals surface area contributed by atoms with E-state index in [0.29, 0.717) is 26.4 Å². The SMILES string of the molecule is CCCCOc1ccc(-c2ccc3c(ccc4c5ccc6cc(-c7ccc(OCCCC)c(OCCCC)c7)ccc6c5[nH]c34)c2)cc1OCCCC. The summed E-state index contributed by atoms with van der Waals surface area (Å²) in [6.07, 6.45) is 8.48. The average molecular weight is 708 g/mol. The van der Waals surface area contributed by atoms with Gasteiger partial charge in [-0.2, -0.15) is 0 Å². The van der Waals surface area contributed by atoms with Crippen LogP contribution in [0.5, 0.6) is 23.0 Å². The van der Waals surface area contributed by atoms with E-state index < -0.39 is 0 Å². The fourth-order valence-electron chi connectivity index (χ4n) is 7.01. The zero-order valence-electron chi connectivity index (χ0n) is 31.9. The third-order valence-electron chi connectivity index (χ3n) is 10.2. The largest absolute Gasteiger partial charge is 0.490 e. The second-order valence-corrected chi connectivity index (χ2v) is 14.1. The molecule has 1 N–H and O–H groups in total. The molecule has 7 rings (SSSR count). The highest BCUT2D eigenvalue weighted by molar-refractivity contribution is 6.22. The molecule has 0 atom stereocenters. The Morgan fingerprint density at radius 2 is 0.698 bits per heavy atom. The molecular formula is C48H53NO4. The van der Waals surface area contributed by atoms with Crippen molar-refractivity contribution >= 4 is 43.4 Å². The molecule has 1 aromatic heterocycles. The standard InChI is InChI=1S/C48H53NO4/c1-5-9-25-50-43-23-17-35(31-45(43)52-27-11-7-3)33-13-19-39-37(29-33)15-21-41-42-22-16-38-30-34(14-20-40(38)48(42)49-47(39)41)36-18-24-44(51-26-10-6-2)46(32-36)53-28-12-8-4/h13-24,29-32,49H,5-12,25-28H2,1-4H3. The number of hydrogen-bond acceptors (Lipinski definition) is 4. The second-order valence-electron chi connectivity index (χ2n) is 14.1. The van der Waals surface area contributed by atoms with E-state index in [9.17, 15) is 0 Å². The Morgan fingerprint density at radius 3 is 1.09 bits per heavy atom. The van der Waals surface area contributed by atoms with E-state index in [-0.39, 0.29) is 0 Å². The smallest absolute Gasteiger partial charge is 0.161 e. The molecule has 6 aromatic carbocycles. The molecule has 0 aliphatic heterocycles. The number of ether oxygens (including phenoxy) is 4. The van der Waals surface area contributed by atoms with Crippen molar-refractivity contribution in [2.24, 2.45) is 0 Å². The van der Waals surface area contributed by atoms with Gasteiger partial charge in [0, 0.05) is 21.5 Å². The first-order valence-electron chi connectivity index (χ1n) is 19.8. The fourth-order valence-corrected chi connectivity index (χ4v) is 7.01. The molecule has 0 saturated carbocycles. The van der Waals surface area contributed by atoms with E-state index in [0.717, 1.165) is 108 Å². The number of unbranched alkanes of at least 4 members (excludes halogenated alkanes) is 4. The Bertz CT molecular complexity index is 2160. The van der Waals surface area contributed by atoms with E-state index in [1.54, 1.807) is 0 Å². The molecule has 7 aromatic rings. The Balaban J connectivity index is 1.21. The van der Waals surface area contributed by atoms with Gasteiger partial charge in [0.15, 0.2) is 23.0 Å². The predicted molar refractivity (Wildman–Crippen MR) is 223 cm³/mol. The number of rotatable bonds is 18. The molecule has 5 heteroatoms. The predicted octanol–water partition coefficient (Wildman–Crippen LogP) is 13.7. The maximum absolute atomic E-state index is 6.22. The summed E-state index contributed by atoms with van der Waals surface area (Å²) in [5.74, 6) is 3.29. The molecule has 0 unspecified atom stereocenters. The quantitative estimate of drug-likeness (QED) is 0.0902. The van der Waals surface area contributed by atoms with Crippen molar-refractivity contribution in [3.05, 3.63) is 97.1 Å². The Kier molecular flexibility index (Phi) is 11.7. The summed E-state index contributed by atoms with van der Waals surface area (Å²) in [7, 11) is 0.